The van der Waals surface area contributed by atoms with Gasteiger partial charge in [-0.2, -0.15) is 0 Å². The van der Waals surface area contributed by atoms with Crippen molar-refractivity contribution in [3.05, 3.63) is 0 Å². The third kappa shape index (κ3) is 5.29. The molecule has 4 aliphatic carbocycles. The minimum atomic E-state index is -0.913. The second-order valence-electron chi connectivity index (χ2n) is 13.3. The molecule has 0 radical (unpaired) electrons. The Morgan fingerprint density at radius 1 is 0.925 bits per heavy atom. The first-order valence-corrected chi connectivity index (χ1v) is 14.9. The van der Waals surface area contributed by atoms with E-state index in [1.807, 2.05) is 0 Å². The van der Waals surface area contributed by atoms with Crippen molar-refractivity contribution in [2.75, 3.05) is 7.11 Å². The molecule has 224 valence electrons. The molecule has 4 fully saturated rings. The van der Waals surface area contributed by atoms with Crippen LogP contribution in [0.1, 0.15) is 92.9 Å². The molecule has 4 aliphatic rings. The van der Waals surface area contributed by atoms with Crippen molar-refractivity contribution >= 4 is 29.7 Å². The van der Waals surface area contributed by atoms with Gasteiger partial charge in [-0.05, 0) is 74.0 Å². The molecule has 9 heteroatoms. The Hall–Kier alpha value is -2.45. The Labute approximate surface area is 237 Å². The smallest absolute Gasteiger partial charge is 0.305 e. The van der Waals surface area contributed by atoms with E-state index in [9.17, 15) is 24.0 Å². The zero-order valence-corrected chi connectivity index (χ0v) is 25.0. The van der Waals surface area contributed by atoms with Crippen LogP contribution in [0, 0.1) is 46.3 Å². The molecule has 0 aromatic carbocycles. The van der Waals surface area contributed by atoms with Gasteiger partial charge in [0.25, 0.3) is 0 Å². The lowest BCUT2D eigenvalue weighted by Crippen LogP contribution is -2.67. The lowest BCUT2D eigenvalue weighted by atomic mass is 9.42. The van der Waals surface area contributed by atoms with Crippen molar-refractivity contribution in [1.82, 2.24) is 0 Å². The maximum absolute atomic E-state index is 14.7. The van der Waals surface area contributed by atoms with Gasteiger partial charge in [0.1, 0.15) is 12.2 Å². The number of rotatable bonds is 7. The molecule has 0 aromatic rings. The van der Waals surface area contributed by atoms with Crippen LogP contribution in [0.2, 0.25) is 0 Å². The van der Waals surface area contributed by atoms with Crippen LogP contribution in [0.15, 0.2) is 0 Å². The number of ether oxygens (including phenoxy) is 4. The van der Waals surface area contributed by atoms with Crippen LogP contribution in [-0.2, 0) is 42.9 Å². The van der Waals surface area contributed by atoms with Crippen LogP contribution in [0.3, 0.4) is 0 Å². The molecule has 0 spiro atoms. The number of esters is 4. The van der Waals surface area contributed by atoms with Crippen LogP contribution in [0.5, 0.6) is 0 Å². The Kier molecular flexibility index (Phi) is 8.72. The van der Waals surface area contributed by atoms with Crippen molar-refractivity contribution in [2.24, 2.45) is 46.3 Å². The normalized spacial score (nSPS) is 41.0. The topological polar surface area (TPSA) is 122 Å². The van der Waals surface area contributed by atoms with E-state index in [-0.39, 0.29) is 65.8 Å². The molecule has 4 rings (SSSR count). The Morgan fingerprint density at radius 3 is 2.17 bits per heavy atom. The second-order valence-corrected chi connectivity index (χ2v) is 13.3. The number of hydrogen-bond donors (Lipinski definition) is 0. The number of methoxy groups -OCH3 is 1. The lowest BCUT2D eigenvalue weighted by Gasteiger charge is -2.63. The average Bonchev–Trinajstić information content (AvgIpc) is 3.22. The number of fused-ring (bicyclic) bond motifs is 5. The first-order chi connectivity index (χ1) is 18.7. The molecule has 0 unspecified atom stereocenters. The summed E-state index contributed by atoms with van der Waals surface area (Å²) in [7, 11) is 1.38. The van der Waals surface area contributed by atoms with Gasteiger partial charge >= 0.3 is 23.9 Å². The van der Waals surface area contributed by atoms with E-state index >= 15 is 0 Å². The summed E-state index contributed by atoms with van der Waals surface area (Å²) in [6.07, 6.45) is 3.53. The third-order valence-electron chi connectivity index (χ3n) is 11.2. The summed E-state index contributed by atoms with van der Waals surface area (Å²) in [6, 6.07) is 0. The predicted molar refractivity (Wildman–Crippen MR) is 143 cm³/mol. The summed E-state index contributed by atoms with van der Waals surface area (Å²) in [5, 5.41) is 0. The monoisotopic (exact) mass is 562 g/mol. The molecular formula is C31H46O9. The van der Waals surface area contributed by atoms with Crippen LogP contribution < -0.4 is 0 Å². The summed E-state index contributed by atoms with van der Waals surface area (Å²) in [5.74, 6) is -2.04. The van der Waals surface area contributed by atoms with Gasteiger partial charge in [-0.25, -0.2) is 0 Å². The number of carbonyl (C=O) groups excluding carboxylic acids is 5. The molecule has 11 atom stereocenters. The fourth-order valence-electron chi connectivity index (χ4n) is 9.55. The maximum Gasteiger partial charge on any atom is 0.305 e. The number of Topliss-reactive ketones (excluding diaryl/α,β-unsaturated/α-hetero) is 1. The molecule has 0 aliphatic heterocycles. The summed E-state index contributed by atoms with van der Waals surface area (Å²) < 4.78 is 22.4. The highest BCUT2D eigenvalue weighted by Crippen LogP contribution is 2.68. The Balaban J connectivity index is 1.75. The van der Waals surface area contributed by atoms with Gasteiger partial charge in [-0.3, -0.25) is 24.0 Å². The van der Waals surface area contributed by atoms with Crippen molar-refractivity contribution in [3.8, 4) is 0 Å². The highest BCUT2D eigenvalue weighted by Gasteiger charge is 2.71. The Morgan fingerprint density at radius 2 is 1.57 bits per heavy atom. The summed E-state index contributed by atoms with van der Waals surface area (Å²) >= 11 is 0. The van der Waals surface area contributed by atoms with Gasteiger partial charge in [0, 0.05) is 44.4 Å². The van der Waals surface area contributed by atoms with Gasteiger partial charge in [0.2, 0.25) is 0 Å². The molecule has 0 amide bonds. The third-order valence-corrected chi connectivity index (χ3v) is 11.2. The minimum Gasteiger partial charge on any atom is -0.469 e. The Bertz CT molecular complexity index is 1040. The zero-order valence-electron chi connectivity index (χ0n) is 25.0. The maximum atomic E-state index is 14.7. The highest BCUT2D eigenvalue weighted by molar-refractivity contribution is 5.90. The first kappa shape index (κ1) is 30.5. The molecule has 9 nitrogen and oxygen atoms in total. The van der Waals surface area contributed by atoms with Crippen LogP contribution in [0.25, 0.3) is 0 Å². The molecule has 4 saturated carbocycles. The van der Waals surface area contributed by atoms with Crippen LogP contribution >= 0.6 is 0 Å². The predicted octanol–water partition coefficient (Wildman–Crippen LogP) is 4.43. The van der Waals surface area contributed by atoms with Crippen molar-refractivity contribution in [2.45, 2.75) is 111 Å². The first-order valence-electron chi connectivity index (χ1n) is 14.9. The number of hydrogen-bond acceptors (Lipinski definition) is 9. The van der Waals surface area contributed by atoms with Gasteiger partial charge in [-0.15, -0.1) is 0 Å². The molecule has 0 bridgehead atoms. The summed E-state index contributed by atoms with van der Waals surface area (Å²) in [5.41, 5.74) is -1.06. The van der Waals surface area contributed by atoms with Crippen molar-refractivity contribution in [1.29, 1.82) is 0 Å². The SMILES string of the molecule is COC(=O)CC[C@@H](C)[C@H]1CC[C@H]2[C@@H]3[C@H](OC(C)=O)C[C@@H]4C[C@H](OC(C)=O)CC[C@]4(C)[C@H]3C(=O)[C@@H](OC(C)=O)[C@]12C. The van der Waals surface area contributed by atoms with Crippen molar-refractivity contribution in [3.63, 3.8) is 0 Å². The van der Waals surface area contributed by atoms with Gasteiger partial charge in [-0.1, -0.05) is 20.8 Å². The van der Waals surface area contributed by atoms with Crippen molar-refractivity contribution < 1.29 is 42.9 Å². The van der Waals surface area contributed by atoms with E-state index in [0.29, 0.717) is 32.1 Å². The molecule has 0 N–H and O–H groups in total. The van der Waals surface area contributed by atoms with Gasteiger partial charge in [0.05, 0.1) is 7.11 Å². The van der Waals surface area contributed by atoms with E-state index in [1.54, 1.807) is 0 Å². The van der Waals surface area contributed by atoms with E-state index < -0.39 is 34.9 Å². The van der Waals surface area contributed by atoms with Gasteiger partial charge in [0.15, 0.2) is 11.9 Å². The molecular weight excluding hydrogens is 516 g/mol. The quantitative estimate of drug-likeness (QED) is 0.328. The standard InChI is InChI=1S/C31H46O9/c1-16(8-11-25(35)37-7)22-9-10-23-26-24(39-18(3)33)15-20-14-21(38-17(2)32)12-13-30(20,5)27(26)28(36)29(31(22,23)6)40-19(4)34/h16,20-24,26-27,29H,8-15H2,1-7H3/t16-,20+,21-,22-,23+,24-,26-,27-,29-,30+,31-/m1/s1. The fourth-order valence-corrected chi connectivity index (χ4v) is 9.55. The molecule has 0 heterocycles. The number of ketones is 1. The van der Waals surface area contributed by atoms with E-state index in [1.165, 1.54) is 27.9 Å². The second kappa shape index (κ2) is 11.4. The highest BCUT2D eigenvalue weighted by atomic mass is 16.6. The van der Waals surface area contributed by atoms with Gasteiger partial charge < -0.3 is 18.9 Å². The largest absolute Gasteiger partial charge is 0.469 e. The zero-order chi connectivity index (χ0) is 29.6. The van der Waals surface area contributed by atoms with Crippen LogP contribution in [-0.4, -0.2) is 55.1 Å². The van der Waals surface area contributed by atoms with Crippen LogP contribution in [0.4, 0.5) is 0 Å². The molecule has 0 aromatic heterocycles. The number of carbonyl (C=O) groups is 5. The average molecular weight is 563 g/mol. The molecule has 0 saturated heterocycles. The minimum absolute atomic E-state index is 0.00144. The molecule has 40 heavy (non-hydrogen) atoms. The summed E-state index contributed by atoms with van der Waals surface area (Å²) in [4.78, 5) is 63.1. The van der Waals surface area contributed by atoms with E-state index in [4.69, 9.17) is 18.9 Å². The summed E-state index contributed by atoms with van der Waals surface area (Å²) in [6.45, 7) is 10.5. The van der Waals surface area contributed by atoms with E-state index in [2.05, 4.69) is 20.8 Å². The lowest BCUT2D eigenvalue weighted by molar-refractivity contribution is -0.218. The van der Waals surface area contributed by atoms with E-state index in [0.717, 1.165) is 12.8 Å². The fraction of sp³-hybridized carbons (Fsp3) is 0.839.